The van der Waals surface area contributed by atoms with E-state index in [0.29, 0.717) is 24.0 Å². The monoisotopic (exact) mass is 152 g/mol. The summed E-state index contributed by atoms with van der Waals surface area (Å²) in [5.74, 6) is 2.19. The molecule has 2 aliphatic rings. The van der Waals surface area contributed by atoms with Gasteiger partial charge in [0.15, 0.2) is 0 Å². The van der Waals surface area contributed by atoms with Gasteiger partial charge in [-0.3, -0.25) is 0 Å². The molecule has 5 atom stereocenters. The number of fused-ring (bicyclic) bond motifs is 2. The SMILES string of the molecule is CC1[C@@H](C)[C@H]2C=C[C@H](O2)[C@H]1C. The summed E-state index contributed by atoms with van der Waals surface area (Å²) in [6.07, 6.45) is 5.28. The van der Waals surface area contributed by atoms with Crippen LogP contribution in [0.5, 0.6) is 0 Å². The zero-order valence-electron chi connectivity index (χ0n) is 7.45. The summed E-state index contributed by atoms with van der Waals surface area (Å²) in [5.41, 5.74) is 0. The van der Waals surface area contributed by atoms with E-state index in [1.54, 1.807) is 0 Å². The van der Waals surface area contributed by atoms with Crippen LogP contribution in [0, 0.1) is 17.8 Å². The first-order valence-electron chi connectivity index (χ1n) is 4.54. The van der Waals surface area contributed by atoms with Crippen molar-refractivity contribution in [2.75, 3.05) is 0 Å². The second-order valence-corrected chi connectivity index (χ2v) is 4.03. The third-order valence-electron chi connectivity index (χ3n) is 3.50. The summed E-state index contributed by atoms with van der Waals surface area (Å²) in [4.78, 5) is 0. The van der Waals surface area contributed by atoms with Crippen molar-refractivity contribution >= 4 is 0 Å². The van der Waals surface area contributed by atoms with Gasteiger partial charge in [0.05, 0.1) is 12.2 Å². The summed E-state index contributed by atoms with van der Waals surface area (Å²) in [7, 11) is 0. The van der Waals surface area contributed by atoms with Gasteiger partial charge in [-0.25, -0.2) is 0 Å². The van der Waals surface area contributed by atoms with Gasteiger partial charge in [0.25, 0.3) is 0 Å². The molecule has 1 fully saturated rings. The molecule has 11 heavy (non-hydrogen) atoms. The van der Waals surface area contributed by atoms with E-state index in [9.17, 15) is 0 Å². The number of rotatable bonds is 0. The molecule has 0 N–H and O–H groups in total. The van der Waals surface area contributed by atoms with Gasteiger partial charge in [-0.1, -0.05) is 32.9 Å². The standard InChI is InChI=1S/C10H16O/c1-6-7(2)9-4-5-10(11-9)8(6)3/h4-10H,1-3H3/t6?,7-,8+,9-,10+. The van der Waals surface area contributed by atoms with Crippen LogP contribution in [0.4, 0.5) is 0 Å². The van der Waals surface area contributed by atoms with Crippen LogP contribution in [0.3, 0.4) is 0 Å². The van der Waals surface area contributed by atoms with Crippen molar-refractivity contribution < 1.29 is 4.74 Å². The lowest BCUT2D eigenvalue weighted by molar-refractivity contribution is -0.0741. The van der Waals surface area contributed by atoms with Crippen molar-refractivity contribution in [2.45, 2.75) is 33.0 Å². The van der Waals surface area contributed by atoms with E-state index < -0.39 is 0 Å². The summed E-state index contributed by atoms with van der Waals surface area (Å²) in [5, 5.41) is 0. The molecule has 1 heteroatoms. The zero-order valence-corrected chi connectivity index (χ0v) is 7.45. The average Bonchev–Trinajstić information content (AvgIpc) is 2.44. The third kappa shape index (κ3) is 0.943. The lowest BCUT2D eigenvalue weighted by Gasteiger charge is -2.37. The minimum absolute atomic E-state index is 0.409. The van der Waals surface area contributed by atoms with Crippen molar-refractivity contribution in [3.05, 3.63) is 12.2 Å². The first kappa shape index (κ1) is 7.35. The first-order chi connectivity index (χ1) is 5.20. The highest BCUT2D eigenvalue weighted by Gasteiger charge is 2.39. The van der Waals surface area contributed by atoms with Crippen molar-refractivity contribution in [1.29, 1.82) is 0 Å². The maximum atomic E-state index is 5.78. The van der Waals surface area contributed by atoms with Gasteiger partial charge in [-0.2, -0.15) is 0 Å². The number of ether oxygens (including phenoxy) is 1. The molecule has 2 bridgehead atoms. The zero-order chi connectivity index (χ0) is 8.01. The van der Waals surface area contributed by atoms with E-state index in [0.717, 1.165) is 5.92 Å². The fraction of sp³-hybridized carbons (Fsp3) is 0.800. The summed E-state index contributed by atoms with van der Waals surface area (Å²) < 4.78 is 5.78. The van der Waals surface area contributed by atoms with E-state index in [1.165, 1.54) is 0 Å². The number of hydrogen-bond acceptors (Lipinski definition) is 1. The van der Waals surface area contributed by atoms with E-state index in [1.807, 2.05) is 0 Å². The molecule has 0 aliphatic carbocycles. The molecule has 2 aliphatic heterocycles. The Bertz CT molecular complexity index is 167. The predicted octanol–water partition coefficient (Wildman–Crippen LogP) is 2.23. The molecule has 0 amide bonds. The van der Waals surface area contributed by atoms with Gasteiger partial charge in [0, 0.05) is 0 Å². The molecule has 1 unspecified atom stereocenters. The lowest BCUT2D eigenvalue weighted by Crippen LogP contribution is -2.39. The van der Waals surface area contributed by atoms with Gasteiger partial charge < -0.3 is 4.74 Å². The van der Waals surface area contributed by atoms with Gasteiger partial charge in [0.2, 0.25) is 0 Å². The van der Waals surface area contributed by atoms with Gasteiger partial charge >= 0.3 is 0 Å². The van der Waals surface area contributed by atoms with E-state index >= 15 is 0 Å². The second-order valence-electron chi connectivity index (χ2n) is 4.03. The Morgan fingerprint density at radius 3 is 1.73 bits per heavy atom. The van der Waals surface area contributed by atoms with Crippen molar-refractivity contribution in [2.24, 2.45) is 17.8 Å². The maximum Gasteiger partial charge on any atom is 0.0793 e. The second kappa shape index (κ2) is 2.34. The smallest absolute Gasteiger partial charge is 0.0793 e. The minimum atomic E-state index is 0.409. The quantitative estimate of drug-likeness (QED) is 0.484. The summed E-state index contributed by atoms with van der Waals surface area (Å²) in [6, 6.07) is 0. The van der Waals surface area contributed by atoms with Crippen LogP contribution >= 0.6 is 0 Å². The molecular weight excluding hydrogens is 136 g/mol. The summed E-state index contributed by atoms with van der Waals surface area (Å²) in [6.45, 7) is 6.92. The molecule has 1 nitrogen and oxygen atoms in total. The molecule has 0 spiro atoms. The molecular formula is C10H16O. The normalized spacial score (nSPS) is 55.0. The van der Waals surface area contributed by atoms with Gasteiger partial charge in [-0.15, -0.1) is 0 Å². The Morgan fingerprint density at radius 2 is 1.27 bits per heavy atom. The van der Waals surface area contributed by atoms with E-state index in [4.69, 9.17) is 4.74 Å². The maximum absolute atomic E-state index is 5.78. The highest BCUT2D eigenvalue weighted by atomic mass is 16.5. The molecule has 0 radical (unpaired) electrons. The van der Waals surface area contributed by atoms with Crippen LogP contribution in [0.2, 0.25) is 0 Å². The van der Waals surface area contributed by atoms with Gasteiger partial charge in [0.1, 0.15) is 0 Å². The molecule has 0 aromatic rings. The Balaban J connectivity index is 2.22. The molecule has 2 rings (SSSR count). The lowest BCUT2D eigenvalue weighted by atomic mass is 9.79. The highest BCUT2D eigenvalue weighted by molar-refractivity contribution is 5.10. The van der Waals surface area contributed by atoms with Crippen LogP contribution < -0.4 is 0 Å². The molecule has 0 aromatic carbocycles. The van der Waals surface area contributed by atoms with Crippen LogP contribution in [-0.2, 0) is 4.74 Å². The summed E-state index contributed by atoms with van der Waals surface area (Å²) >= 11 is 0. The molecule has 62 valence electrons. The van der Waals surface area contributed by atoms with Crippen LogP contribution in [0.15, 0.2) is 12.2 Å². The number of hydrogen-bond donors (Lipinski definition) is 0. The Kier molecular flexibility index (Phi) is 1.57. The Morgan fingerprint density at radius 1 is 0.818 bits per heavy atom. The Hall–Kier alpha value is -0.300. The highest BCUT2D eigenvalue weighted by Crippen LogP contribution is 2.39. The molecule has 1 saturated heterocycles. The molecule has 2 heterocycles. The first-order valence-corrected chi connectivity index (χ1v) is 4.54. The Labute approximate surface area is 68.4 Å². The van der Waals surface area contributed by atoms with Gasteiger partial charge in [-0.05, 0) is 17.8 Å². The molecule has 0 saturated carbocycles. The van der Waals surface area contributed by atoms with Crippen LogP contribution in [-0.4, -0.2) is 12.2 Å². The van der Waals surface area contributed by atoms with Crippen molar-refractivity contribution in [3.63, 3.8) is 0 Å². The van der Waals surface area contributed by atoms with E-state index in [-0.39, 0.29) is 0 Å². The third-order valence-corrected chi connectivity index (χ3v) is 3.50. The average molecular weight is 152 g/mol. The van der Waals surface area contributed by atoms with E-state index in [2.05, 4.69) is 32.9 Å². The fourth-order valence-corrected chi connectivity index (χ4v) is 2.17. The van der Waals surface area contributed by atoms with Crippen molar-refractivity contribution in [1.82, 2.24) is 0 Å². The fourth-order valence-electron chi connectivity index (χ4n) is 2.17. The molecule has 0 aromatic heterocycles. The van der Waals surface area contributed by atoms with Crippen LogP contribution in [0.1, 0.15) is 20.8 Å². The topological polar surface area (TPSA) is 9.23 Å². The minimum Gasteiger partial charge on any atom is -0.366 e. The largest absolute Gasteiger partial charge is 0.366 e. The van der Waals surface area contributed by atoms with Crippen LogP contribution in [0.25, 0.3) is 0 Å². The van der Waals surface area contributed by atoms with Crippen molar-refractivity contribution in [3.8, 4) is 0 Å². The predicted molar refractivity (Wildman–Crippen MR) is 45.3 cm³/mol.